The van der Waals surface area contributed by atoms with E-state index >= 15 is 0 Å². The first-order valence-electron chi connectivity index (χ1n) is 6.31. The molecule has 20 heavy (non-hydrogen) atoms. The van der Waals surface area contributed by atoms with Gasteiger partial charge in [-0.15, -0.1) is 0 Å². The van der Waals surface area contributed by atoms with Gasteiger partial charge < -0.3 is 24.5 Å². The second kappa shape index (κ2) is 5.74. The number of morpholine rings is 1. The summed E-state index contributed by atoms with van der Waals surface area (Å²) < 4.78 is 15.9. The average Bonchev–Trinajstić information content (AvgIpc) is 2.99. The van der Waals surface area contributed by atoms with E-state index in [0.717, 1.165) is 13.1 Å². The van der Waals surface area contributed by atoms with Gasteiger partial charge in [-0.2, -0.15) is 15.0 Å². The van der Waals surface area contributed by atoms with Crippen LogP contribution in [0.1, 0.15) is 5.76 Å². The van der Waals surface area contributed by atoms with Gasteiger partial charge in [0.15, 0.2) is 0 Å². The molecule has 8 nitrogen and oxygen atoms in total. The van der Waals surface area contributed by atoms with Crippen LogP contribution in [0.15, 0.2) is 22.8 Å². The van der Waals surface area contributed by atoms with Gasteiger partial charge in [0.1, 0.15) is 12.4 Å². The first-order chi connectivity index (χ1) is 9.81. The van der Waals surface area contributed by atoms with E-state index in [4.69, 9.17) is 19.6 Å². The van der Waals surface area contributed by atoms with Crippen molar-refractivity contribution in [2.24, 2.45) is 0 Å². The Morgan fingerprint density at radius 2 is 2.10 bits per heavy atom. The van der Waals surface area contributed by atoms with Gasteiger partial charge in [0.2, 0.25) is 11.9 Å². The molecular formula is C12H15N5O3. The second-order valence-corrected chi connectivity index (χ2v) is 4.24. The van der Waals surface area contributed by atoms with Crippen LogP contribution in [-0.2, 0) is 11.3 Å². The molecule has 0 radical (unpaired) electrons. The first-order valence-corrected chi connectivity index (χ1v) is 6.31. The fourth-order valence-corrected chi connectivity index (χ4v) is 1.86. The fourth-order valence-electron chi connectivity index (χ4n) is 1.86. The largest absolute Gasteiger partial charge is 0.466 e. The Morgan fingerprint density at radius 3 is 2.85 bits per heavy atom. The third-order valence-electron chi connectivity index (χ3n) is 2.84. The molecule has 3 heterocycles. The third kappa shape index (κ3) is 2.97. The van der Waals surface area contributed by atoms with Crippen molar-refractivity contribution < 1.29 is 13.9 Å². The smallest absolute Gasteiger partial charge is 0.323 e. The number of nitrogens with zero attached hydrogens (tertiary/aromatic N) is 4. The fraction of sp³-hybridized carbons (Fsp3) is 0.417. The Morgan fingerprint density at radius 1 is 1.25 bits per heavy atom. The lowest BCUT2D eigenvalue weighted by Crippen LogP contribution is -2.37. The molecule has 3 rings (SSSR count). The molecule has 0 amide bonds. The summed E-state index contributed by atoms with van der Waals surface area (Å²) in [5, 5.41) is 0. The quantitative estimate of drug-likeness (QED) is 0.860. The molecule has 0 aromatic carbocycles. The van der Waals surface area contributed by atoms with Gasteiger partial charge in [-0.25, -0.2) is 0 Å². The van der Waals surface area contributed by atoms with E-state index in [2.05, 4.69) is 15.0 Å². The van der Waals surface area contributed by atoms with Crippen LogP contribution >= 0.6 is 0 Å². The van der Waals surface area contributed by atoms with Crippen molar-refractivity contribution in [2.45, 2.75) is 6.61 Å². The van der Waals surface area contributed by atoms with Gasteiger partial charge in [0.05, 0.1) is 19.5 Å². The maximum Gasteiger partial charge on any atom is 0.323 e. The number of aromatic nitrogens is 3. The molecule has 0 unspecified atom stereocenters. The molecule has 0 bridgehead atoms. The van der Waals surface area contributed by atoms with Crippen molar-refractivity contribution in [1.82, 2.24) is 15.0 Å². The van der Waals surface area contributed by atoms with Gasteiger partial charge in [-0.3, -0.25) is 0 Å². The summed E-state index contributed by atoms with van der Waals surface area (Å²) in [6.07, 6.45) is 1.58. The molecule has 1 aliphatic heterocycles. The summed E-state index contributed by atoms with van der Waals surface area (Å²) >= 11 is 0. The number of ether oxygens (including phenoxy) is 2. The van der Waals surface area contributed by atoms with Crippen molar-refractivity contribution in [2.75, 3.05) is 36.9 Å². The Balaban J connectivity index is 1.72. The third-order valence-corrected chi connectivity index (χ3v) is 2.84. The van der Waals surface area contributed by atoms with Crippen molar-refractivity contribution in [3.8, 4) is 6.01 Å². The SMILES string of the molecule is Nc1nc(OCc2ccco2)nc(N2CCOCC2)n1. The molecule has 1 aliphatic rings. The van der Waals surface area contributed by atoms with Crippen molar-refractivity contribution in [3.05, 3.63) is 24.2 Å². The lowest BCUT2D eigenvalue weighted by molar-refractivity contribution is 0.122. The molecule has 0 spiro atoms. The van der Waals surface area contributed by atoms with Crippen LogP contribution in [0.5, 0.6) is 6.01 Å². The van der Waals surface area contributed by atoms with Gasteiger partial charge in [0.25, 0.3) is 0 Å². The molecule has 0 saturated carbocycles. The molecule has 0 atom stereocenters. The highest BCUT2D eigenvalue weighted by molar-refractivity contribution is 5.36. The Bertz CT molecular complexity index is 554. The summed E-state index contributed by atoms with van der Waals surface area (Å²) in [5.41, 5.74) is 5.69. The average molecular weight is 277 g/mol. The minimum atomic E-state index is 0.135. The summed E-state index contributed by atoms with van der Waals surface area (Å²) in [6, 6.07) is 3.79. The van der Waals surface area contributed by atoms with E-state index in [0.29, 0.717) is 24.9 Å². The van der Waals surface area contributed by atoms with Crippen molar-refractivity contribution >= 4 is 11.9 Å². The van der Waals surface area contributed by atoms with Gasteiger partial charge in [0, 0.05) is 13.1 Å². The number of rotatable bonds is 4. The zero-order valence-corrected chi connectivity index (χ0v) is 10.9. The zero-order valence-electron chi connectivity index (χ0n) is 10.9. The topological polar surface area (TPSA) is 99.5 Å². The van der Waals surface area contributed by atoms with Gasteiger partial charge >= 0.3 is 6.01 Å². The van der Waals surface area contributed by atoms with Gasteiger partial charge in [-0.05, 0) is 12.1 Å². The summed E-state index contributed by atoms with van der Waals surface area (Å²) in [5.74, 6) is 1.34. The molecule has 1 fully saturated rings. The van der Waals surface area contributed by atoms with E-state index in [1.54, 1.807) is 12.3 Å². The molecule has 2 aromatic rings. The molecule has 2 aromatic heterocycles. The summed E-state index contributed by atoms with van der Waals surface area (Å²) in [6.45, 7) is 2.99. The monoisotopic (exact) mass is 277 g/mol. The number of anilines is 2. The number of furan rings is 1. The maximum atomic E-state index is 5.69. The highest BCUT2D eigenvalue weighted by Crippen LogP contribution is 2.15. The Labute approximate surface area is 115 Å². The molecule has 2 N–H and O–H groups in total. The minimum Gasteiger partial charge on any atom is -0.466 e. The van der Waals surface area contributed by atoms with E-state index < -0.39 is 0 Å². The lowest BCUT2D eigenvalue weighted by Gasteiger charge is -2.26. The van der Waals surface area contributed by atoms with E-state index in [1.165, 1.54) is 0 Å². The predicted molar refractivity (Wildman–Crippen MR) is 70.3 cm³/mol. The van der Waals surface area contributed by atoms with Crippen molar-refractivity contribution in [3.63, 3.8) is 0 Å². The van der Waals surface area contributed by atoms with Crippen LogP contribution in [0.25, 0.3) is 0 Å². The normalized spacial score (nSPS) is 15.3. The molecule has 0 aliphatic carbocycles. The lowest BCUT2D eigenvalue weighted by atomic mass is 10.4. The molecule has 8 heteroatoms. The van der Waals surface area contributed by atoms with E-state index in [9.17, 15) is 0 Å². The molecular weight excluding hydrogens is 262 g/mol. The van der Waals surface area contributed by atoms with Crippen LogP contribution in [0, 0.1) is 0 Å². The molecule has 1 saturated heterocycles. The van der Waals surface area contributed by atoms with Crippen LogP contribution in [0.2, 0.25) is 0 Å². The number of nitrogens with two attached hydrogens (primary N) is 1. The van der Waals surface area contributed by atoms with Crippen LogP contribution in [-0.4, -0.2) is 41.3 Å². The van der Waals surface area contributed by atoms with Crippen molar-refractivity contribution in [1.29, 1.82) is 0 Å². The number of hydrogen-bond acceptors (Lipinski definition) is 8. The maximum absolute atomic E-state index is 5.69. The van der Waals surface area contributed by atoms with E-state index in [1.807, 2.05) is 11.0 Å². The highest BCUT2D eigenvalue weighted by atomic mass is 16.5. The molecule has 106 valence electrons. The van der Waals surface area contributed by atoms with E-state index in [-0.39, 0.29) is 18.6 Å². The summed E-state index contributed by atoms with van der Waals surface area (Å²) in [7, 11) is 0. The van der Waals surface area contributed by atoms with Crippen LogP contribution in [0.3, 0.4) is 0 Å². The Hall–Kier alpha value is -2.35. The first kappa shape index (κ1) is 12.7. The standard InChI is InChI=1S/C12H15N5O3/c13-10-14-11(17-3-6-18-7-4-17)16-12(15-10)20-8-9-2-1-5-19-9/h1-2,5H,3-4,6-8H2,(H2,13,14,15,16). The number of nitrogen functional groups attached to an aromatic ring is 1. The van der Waals surface area contributed by atoms with Crippen LogP contribution < -0.4 is 15.4 Å². The predicted octanol–water partition coefficient (Wildman–Crippen LogP) is 0.462. The Kier molecular flexibility index (Phi) is 3.64. The van der Waals surface area contributed by atoms with Crippen LogP contribution in [0.4, 0.5) is 11.9 Å². The number of hydrogen-bond donors (Lipinski definition) is 1. The van der Waals surface area contributed by atoms with Gasteiger partial charge in [-0.1, -0.05) is 0 Å². The second-order valence-electron chi connectivity index (χ2n) is 4.24. The zero-order chi connectivity index (χ0) is 13.8. The minimum absolute atomic E-state index is 0.135. The highest BCUT2D eigenvalue weighted by Gasteiger charge is 2.16. The summed E-state index contributed by atoms with van der Waals surface area (Å²) in [4.78, 5) is 14.3.